The summed E-state index contributed by atoms with van der Waals surface area (Å²) < 4.78 is 0. The predicted molar refractivity (Wildman–Crippen MR) is 74.0 cm³/mol. The Morgan fingerprint density at radius 2 is 1.94 bits per heavy atom. The monoisotopic (exact) mass is 249 g/mol. The van der Waals surface area contributed by atoms with Gasteiger partial charge in [0.2, 0.25) is 5.91 Å². The lowest BCUT2D eigenvalue weighted by atomic mass is 10.1. The fourth-order valence-electron chi connectivity index (χ4n) is 1.75. The smallest absolute Gasteiger partial charge is 0.236 e. The van der Waals surface area contributed by atoms with Gasteiger partial charge in [0.1, 0.15) is 0 Å². The molecule has 0 saturated heterocycles. The highest BCUT2D eigenvalue weighted by Crippen LogP contribution is 2.07. The first kappa shape index (κ1) is 14.7. The quantitative estimate of drug-likeness (QED) is 0.820. The van der Waals surface area contributed by atoms with Crippen LogP contribution in [0.15, 0.2) is 24.3 Å². The molecule has 0 saturated carbocycles. The lowest BCUT2D eigenvalue weighted by molar-refractivity contribution is -0.130. The Balaban J connectivity index is 2.53. The molecular weight excluding hydrogens is 226 g/mol. The standard InChI is InChI=1S/C14H23N3O/c1-4-17(3)14(18)11-16(2)10-13-7-5-6-12(8-13)9-15/h5-8H,4,9-11,15H2,1-3H3. The van der Waals surface area contributed by atoms with Crippen molar-refractivity contribution in [2.24, 2.45) is 5.73 Å². The molecule has 0 aliphatic carbocycles. The Kier molecular flexibility index (Phi) is 5.82. The maximum absolute atomic E-state index is 11.8. The zero-order valence-electron chi connectivity index (χ0n) is 11.5. The van der Waals surface area contributed by atoms with Crippen molar-refractivity contribution in [3.8, 4) is 0 Å². The second kappa shape index (κ2) is 7.13. The minimum Gasteiger partial charge on any atom is -0.345 e. The molecule has 1 aromatic rings. The number of rotatable bonds is 6. The van der Waals surface area contributed by atoms with Crippen molar-refractivity contribution >= 4 is 5.91 Å². The summed E-state index contributed by atoms with van der Waals surface area (Å²) in [6, 6.07) is 8.17. The van der Waals surface area contributed by atoms with Gasteiger partial charge in [-0.2, -0.15) is 0 Å². The summed E-state index contributed by atoms with van der Waals surface area (Å²) >= 11 is 0. The summed E-state index contributed by atoms with van der Waals surface area (Å²) in [5.41, 5.74) is 7.92. The fraction of sp³-hybridized carbons (Fsp3) is 0.500. The molecule has 0 unspecified atom stereocenters. The Labute approximate surface area is 109 Å². The minimum absolute atomic E-state index is 0.148. The lowest BCUT2D eigenvalue weighted by Gasteiger charge is -2.20. The molecule has 100 valence electrons. The topological polar surface area (TPSA) is 49.6 Å². The molecule has 0 aliphatic rings. The van der Waals surface area contributed by atoms with Gasteiger partial charge in [-0.05, 0) is 25.1 Å². The lowest BCUT2D eigenvalue weighted by Crippen LogP contribution is -2.36. The van der Waals surface area contributed by atoms with E-state index >= 15 is 0 Å². The third-order valence-corrected chi connectivity index (χ3v) is 2.98. The zero-order valence-corrected chi connectivity index (χ0v) is 11.5. The van der Waals surface area contributed by atoms with Gasteiger partial charge in [0.15, 0.2) is 0 Å². The van der Waals surface area contributed by atoms with Crippen LogP contribution in [0, 0.1) is 0 Å². The van der Waals surface area contributed by atoms with Crippen LogP contribution in [-0.4, -0.2) is 42.9 Å². The van der Waals surface area contributed by atoms with Crippen LogP contribution in [0.1, 0.15) is 18.1 Å². The highest BCUT2D eigenvalue weighted by molar-refractivity contribution is 5.77. The van der Waals surface area contributed by atoms with E-state index in [0.717, 1.165) is 18.7 Å². The average Bonchev–Trinajstić information content (AvgIpc) is 2.37. The second-order valence-electron chi connectivity index (χ2n) is 4.60. The molecule has 0 heterocycles. The molecule has 1 aromatic carbocycles. The van der Waals surface area contributed by atoms with Crippen molar-refractivity contribution in [2.45, 2.75) is 20.0 Å². The van der Waals surface area contributed by atoms with Gasteiger partial charge in [-0.25, -0.2) is 0 Å². The van der Waals surface area contributed by atoms with E-state index in [1.54, 1.807) is 4.90 Å². The van der Waals surface area contributed by atoms with Crippen LogP contribution in [0.2, 0.25) is 0 Å². The molecule has 4 heteroatoms. The van der Waals surface area contributed by atoms with E-state index in [1.165, 1.54) is 5.56 Å². The number of carbonyl (C=O) groups excluding carboxylic acids is 1. The zero-order chi connectivity index (χ0) is 13.5. The van der Waals surface area contributed by atoms with Crippen LogP contribution >= 0.6 is 0 Å². The maximum atomic E-state index is 11.8. The molecule has 0 radical (unpaired) electrons. The Morgan fingerprint density at radius 1 is 1.28 bits per heavy atom. The highest BCUT2D eigenvalue weighted by Gasteiger charge is 2.10. The number of amides is 1. The van der Waals surface area contributed by atoms with Crippen LogP contribution in [0.4, 0.5) is 0 Å². The van der Waals surface area contributed by atoms with Crippen LogP contribution < -0.4 is 5.73 Å². The fourth-order valence-corrected chi connectivity index (χ4v) is 1.75. The van der Waals surface area contributed by atoms with Crippen molar-refractivity contribution in [1.82, 2.24) is 9.80 Å². The van der Waals surface area contributed by atoms with Gasteiger partial charge < -0.3 is 10.6 Å². The number of nitrogens with zero attached hydrogens (tertiary/aromatic N) is 2. The summed E-state index contributed by atoms with van der Waals surface area (Å²) in [7, 11) is 3.78. The summed E-state index contributed by atoms with van der Waals surface area (Å²) in [4.78, 5) is 15.5. The van der Waals surface area contributed by atoms with E-state index in [4.69, 9.17) is 5.73 Å². The number of benzene rings is 1. The normalized spacial score (nSPS) is 10.7. The van der Waals surface area contributed by atoms with Crippen LogP contribution in [0.25, 0.3) is 0 Å². The van der Waals surface area contributed by atoms with Gasteiger partial charge in [-0.1, -0.05) is 24.3 Å². The molecule has 0 fully saturated rings. The number of hydrogen-bond donors (Lipinski definition) is 1. The van der Waals surface area contributed by atoms with Crippen molar-refractivity contribution in [1.29, 1.82) is 0 Å². The van der Waals surface area contributed by atoms with Gasteiger partial charge >= 0.3 is 0 Å². The van der Waals surface area contributed by atoms with E-state index in [2.05, 4.69) is 12.1 Å². The van der Waals surface area contributed by atoms with Crippen LogP contribution in [0.5, 0.6) is 0 Å². The third kappa shape index (κ3) is 4.47. The van der Waals surface area contributed by atoms with E-state index in [1.807, 2.05) is 38.1 Å². The number of hydrogen-bond acceptors (Lipinski definition) is 3. The van der Waals surface area contributed by atoms with E-state index in [-0.39, 0.29) is 5.91 Å². The van der Waals surface area contributed by atoms with Gasteiger partial charge in [0.05, 0.1) is 6.54 Å². The molecule has 1 amide bonds. The van der Waals surface area contributed by atoms with E-state index < -0.39 is 0 Å². The van der Waals surface area contributed by atoms with Gasteiger partial charge in [0.25, 0.3) is 0 Å². The van der Waals surface area contributed by atoms with Crippen LogP contribution in [-0.2, 0) is 17.9 Å². The summed E-state index contributed by atoms with van der Waals surface area (Å²) in [6.07, 6.45) is 0. The maximum Gasteiger partial charge on any atom is 0.236 e. The first-order valence-corrected chi connectivity index (χ1v) is 6.27. The minimum atomic E-state index is 0.148. The first-order chi connectivity index (χ1) is 8.56. The molecule has 4 nitrogen and oxygen atoms in total. The molecule has 0 atom stereocenters. The average molecular weight is 249 g/mol. The van der Waals surface area contributed by atoms with Crippen molar-refractivity contribution in [3.63, 3.8) is 0 Å². The SMILES string of the molecule is CCN(C)C(=O)CN(C)Cc1cccc(CN)c1. The highest BCUT2D eigenvalue weighted by atomic mass is 16.2. The van der Waals surface area contributed by atoms with Crippen LogP contribution in [0.3, 0.4) is 0 Å². The molecule has 18 heavy (non-hydrogen) atoms. The number of likely N-dealkylation sites (N-methyl/N-ethyl adjacent to an activating group) is 2. The molecule has 1 rings (SSSR count). The Bertz CT molecular complexity index is 392. The Morgan fingerprint density at radius 3 is 2.56 bits per heavy atom. The number of nitrogens with two attached hydrogens (primary N) is 1. The third-order valence-electron chi connectivity index (χ3n) is 2.98. The largest absolute Gasteiger partial charge is 0.345 e. The number of carbonyl (C=O) groups is 1. The van der Waals surface area contributed by atoms with Crippen molar-refractivity contribution in [3.05, 3.63) is 35.4 Å². The summed E-state index contributed by atoms with van der Waals surface area (Å²) in [5, 5.41) is 0. The van der Waals surface area contributed by atoms with E-state index in [9.17, 15) is 4.79 Å². The van der Waals surface area contributed by atoms with Gasteiger partial charge in [-0.3, -0.25) is 9.69 Å². The van der Waals surface area contributed by atoms with Crippen molar-refractivity contribution < 1.29 is 4.79 Å². The van der Waals surface area contributed by atoms with Crippen molar-refractivity contribution in [2.75, 3.05) is 27.2 Å². The molecule has 0 bridgehead atoms. The molecule has 2 N–H and O–H groups in total. The molecule has 0 aromatic heterocycles. The van der Waals surface area contributed by atoms with Gasteiger partial charge in [0, 0.05) is 26.7 Å². The summed E-state index contributed by atoms with van der Waals surface area (Å²) in [6.45, 7) is 4.47. The predicted octanol–water partition coefficient (Wildman–Crippen LogP) is 1.06. The first-order valence-electron chi connectivity index (χ1n) is 6.27. The summed E-state index contributed by atoms with van der Waals surface area (Å²) in [5.74, 6) is 0.148. The molecular formula is C14H23N3O. The molecule has 0 aliphatic heterocycles. The van der Waals surface area contributed by atoms with E-state index in [0.29, 0.717) is 13.1 Å². The van der Waals surface area contributed by atoms with Gasteiger partial charge in [-0.15, -0.1) is 0 Å². The Hall–Kier alpha value is -1.39. The molecule has 0 spiro atoms. The second-order valence-corrected chi connectivity index (χ2v) is 4.60.